The summed E-state index contributed by atoms with van der Waals surface area (Å²) < 4.78 is 41.1. The van der Waals surface area contributed by atoms with E-state index in [2.05, 4.69) is 4.98 Å². The summed E-state index contributed by atoms with van der Waals surface area (Å²) in [5.74, 6) is -1.79. The predicted octanol–water partition coefficient (Wildman–Crippen LogP) is 4.79. The van der Waals surface area contributed by atoms with Gasteiger partial charge in [0.1, 0.15) is 21.6 Å². The minimum absolute atomic E-state index is 0.00215. The summed E-state index contributed by atoms with van der Waals surface area (Å²) >= 11 is 12.6. The van der Waals surface area contributed by atoms with Crippen molar-refractivity contribution >= 4 is 61.1 Å². The van der Waals surface area contributed by atoms with Crippen molar-refractivity contribution in [3.8, 4) is 5.69 Å². The smallest absolute Gasteiger partial charge is 0.266 e. The number of Topliss-reactive ketones (excluding diaryl/α,β-unsaturated/α-hetero) is 1. The molecule has 0 N–H and O–H groups in total. The van der Waals surface area contributed by atoms with Crippen LogP contribution in [0.1, 0.15) is 11.4 Å². The van der Waals surface area contributed by atoms with E-state index in [9.17, 15) is 22.4 Å². The highest BCUT2D eigenvalue weighted by atomic mass is 35.5. The number of fused-ring (bicyclic) bond motifs is 1. The number of carbonyl (C=O) groups is 1. The molecule has 2 aromatic carbocycles. The highest BCUT2D eigenvalue weighted by Crippen LogP contribution is 2.27. The Bertz CT molecular complexity index is 1580. The van der Waals surface area contributed by atoms with Gasteiger partial charge in [0, 0.05) is 11.4 Å². The number of hydrogen-bond acceptors (Lipinski definition) is 6. The van der Waals surface area contributed by atoms with Gasteiger partial charge in [0.2, 0.25) is 0 Å². The lowest BCUT2D eigenvalue weighted by Gasteiger charge is -2.13. The predicted molar refractivity (Wildman–Crippen MR) is 127 cm³/mol. The molecule has 4 rings (SSSR count). The SMILES string of the molecule is Cc1nc2cc(Cl)ccc2c(=O)n1-c1ccc(CC(=O)CS(=O)(=O)c2ccc(Cl)s2)cc1F. The fourth-order valence-corrected chi connectivity index (χ4v) is 6.40. The van der Waals surface area contributed by atoms with Gasteiger partial charge in [-0.05, 0) is 55.0 Å². The van der Waals surface area contributed by atoms with Crippen LogP contribution in [-0.2, 0) is 21.1 Å². The van der Waals surface area contributed by atoms with Crippen LogP contribution in [0.3, 0.4) is 0 Å². The summed E-state index contributed by atoms with van der Waals surface area (Å²) in [5, 5.41) is 0.707. The molecule has 33 heavy (non-hydrogen) atoms. The summed E-state index contributed by atoms with van der Waals surface area (Å²) in [6.45, 7) is 1.57. The van der Waals surface area contributed by atoms with E-state index in [4.69, 9.17) is 23.2 Å². The zero-order chi connectivity index (χ0) is 23.9. The molecule has 6 nitrogen and oxygen atoms in total. The van der Waals surface area contributed by atoms with Crippen molar-refractivity contribution < 1.29 is 17.6 Å². The third-order valence-corrected chi connectivity index (χ3v) is 8.58. The van der Waals surface area contributed by atoms with E-state index in [0.29, 0.717) is 14.9 Å². The Balaban J connectivity index is 1.61. The quantitative estimate of drug-likeness (QED) is 0.362. The van der Waals surface area contributed by atoms with Gasteiger partial charge in [0.15, 0.2) is 15.6 Å². The lowest BCUT2D eigenvalue weighted by Crippen LogP contribution is -2.23. The van der Waals surface area contributed by atoms with Crippen LogP contribution in [0.4, 0.5) is 4.39 Å². The average molecular weight is 525 g/mol. The molecule has 2 heterocycles. The van der Waals surface area contributed by atoms with Gasteiger partial charge in [-0.1, -0.05) is 29.3 Å². The minimum Gasteiger partial charge on any atom is -0.298 e. The van der Waals surface area contributed by atoms with Crippen molar-refractivity contribution in [2.75, 3.05) is 5.75 Å². The van der Waals surface area contributed by atoms with Crippen molar-refractivity contribution in [3.05, 3.63) is 85.4 Å². The Morgan fingerprint density at radius 1 is 1.12 bits per heavy atom. The summed E-state index contributed by atoms with van der Waals surface area (Å²) in [6, 6.07) is 11.4. The van der Waals surface area contributed by atoms with Gasteiger partial charge in [-0.3, -0.25) is 14.2 Å². The third kappa shape index (κ3) is 4.86. The molecule has 0 atom stereocenters. The Morgan fingerprint density at radius 3 is 2.55 bits per heavy atom. The molecule has 0 spiro atoms. The largest absolute Gasteiger partial charge is 0.298 e. The van der Waals surface area contributed by atoms with Crippen LogP contribution >= 0.6 is 34.5 Å². The van der Waals surface area contributed by atoms with Crippen LogP contribution in [0.2, 0.25) is 9.36 Å². The third-order valence-electron chi connectivity index (χ3n) is 4.86. The molecular formula is C22H15Cl2FN2O4S2. The maximum absolute atomic E-state index is 15.0. The van der Waals surface area contributed by atoms with Crippen LogP contribution in [0.25, 0.3) is 16.6 Å². The molecule has 0 saturated carbocycles. The molecule has 4 aromatic rings. The number of sulfone groups is 1. The lowest BCUT2D eigenvalue weighted by atomic mass is 10.1. The van der Waals surface area contributed by atoms with E-state index in [1.54, 1.807) is 19.1 Å². The average Bonchev–Trinajstić information content (AvgIpc) is 3.16. The van der Waals surface area contributed by atoms with Gasteiger partial charge >= 0.3 is 0 Å². The van der Waals surface area contributed by atoms with Crippen LogP contribution in [0.15, 0.2) is 57.5 Å². The van der Waals surface area contributed by atoms with Gasteiger partial charge in [0.05, 0.1) is 20.9 Å². The second-order valence-corrected chi connectivity index (χ2v) is 11.6. The lowest BCUT2D eigenvalue weighted by molar-refractivity contribution is -0.116. The fraction of sp³-hybridized carbons (Fsp3) is 0.136. The molecule has 0 fully saturated rings. The Labute approximate surface area is 202 Å². The first-order valence-electron chi connectivity index (χ1n) is 9.53. The zero-order valence-corrected chi connectivity index (χ0v) is 20.2. The highest BCUT2D eigenvalue weighted by molar-refractivity contribution is 7.94. The van der Waals surface area contributed by atoms with Crippen LogP contribution in [0, 0.1) is 12.7 Å². The summed E-state index contributed by atoms with van der Waals surface area (Å²) in [6.07, 6.45) is -0.280. The zero-order valence-electron chi connectivity index (χ0n) is 17.0. The monoisotopic (exact) mass is 524 g/mol. The standard InChI is InChI=1S/C22H15Cl2FN2O4S2/c1-12-26-18-10-14(23)3-4-16(18)22(29)27(12)19-5-2-13(9-17(19)25)8-15(28)11-33(30,31)21-7-6-20(24)32-21/h2-7,9-10H,8,11H2,1H3. The van der Waals surface area contributed by atoms with Crippen LogP contribution < -0.4 is 5.56 Å². The first-order chi connectivity index (χ1) is 15.5. The molecule has 0 aliphatic carbocycles. The number of rotatable bonds is 6. The number of hydrogen-bond donors (Lipinski definition) is 0. The van der Waals surface area contributed by atoms with Crippen molar-refractivity contribution in [2.24, 2.45) is 0 Å². The van der Waals surface area contributed by atoms with Crippen molar-refractivity contribution in [1.82, 2.24) is 9.55 Å². The summed E-state index contributed by atoms with van der Waals surface area (Å²) in [7, 11) is -3.83. The molecule has 2 aromatic heterocycles. The van der Waals surface area contributed by atoms with E-state index in [1.165, 1.54) is 30.3 Å². The van der Waals surface area contributed by atoms with E-state index < -0.39 is 32.7 Å². The first-order valence-corrected chi connectivity index (χ1v) is 12.7. The van der Waals surface area contributed by atoms with Crippen LogP contribution in [-0.4, -0.2) is 29.5 Å². The van der Waals surface area contributed by atoms with Crippen molar-refractivity contribution in [3.63, 3.8) is 0 Å². The van der Waals surface area contributed by atoms with Gasteiger partial charge in [-0.25, -0.2) is 17.8 Å². The second kappa shape index (κ2) is 8.98. The molecular weight excluding hydrogens is 510 g/mol. The molecule has 0 amide bonds. The van der Waals surface area contributed by atoms with Gasteiger partial charge in [0.25, 0.3) is 5.56 Å². The molecule has 0 unspecified atom stereocenters. The summed E-state index contributed by atoms with van der Waals surface area (Å²) in [5.41, 5.74) is 0.195. The molecule has 0 aliphatic rings. The number of carbonyl (C=O) groups excluding carboxylic acids is 1. The second-order valence-electron chi connectivity index (χ2n) is 7.28. The molecule has 11 heteroatoms. The van der Waals surface area contributed by atoms with E-state index in [1.807, 2.05) is 0 Å². The van der Waals surface area contributed by atoms with Crippen LogP contribution in [0.5, 0.6) is 0 Å². The first kappa shape index (κ1) is 23.6. The number of halogens is 3. The number of nitrogens with zero attached hydrogens (tertiary/aromatic N) is 2. The molecule has 0 radical (unpaired) electrons. The van der Waals surface area contributed by atoms with E-state index in [0.717, 1.165) is 22.0 Å². The highest BCUT2D eigenvalue weighted by Gasteiger charge is 2.22. The maximum atomic E-state index is 15.0. The fourth-order valence-electron chi connectivity index (χ4n) is 3.42. The number of aryl methyl sites for hydroxylation is 1. The van der Waals surface area contributed by atoms with Gasteiger partial charge < -0.3 is 0 Å². The maximum Gasteiger partial charge on any atom is 0.266 e. The molecule has 0 aliphatic heterocycles. The summed E-state index contributed by atoms with van der Waals surface area (Å²) in [4.78, 5) is 29.6. The molecule has 0 bridgehead atoms. The minimum atomic E-state index is -3.83. The Kier molecular flexibility index (Phi) is 6.41. The number of benzene rings is 2. The molecule has 0 saturated heterocycles. The number of aromatic nitrogens is 2. The Morgan fingerprint density at radius 2 is 1.88 bits per heavy atom. The van der Waals surface area contributed by atoms with Gasteiger partial charge in [-0.2, -0.15) is 0 Å². The number of ketones is 1. The topological polar surface area (TPSA) is 86.1 Å². The van der Waals surface area contributed by atoms with Gasteiger partial charge in [-0.15, -0.1) is 11.3 Å². The normalized spacial score (nSPS) is 11.8. The molecule has 170 valence electrons. The van der Waals surface area contributed by atoms with E-state index in [-0.39, 0.29) is 33.1 Å². The Hall–Kier alpha value is -2.59. The van der Waals surface area contributed by atoms with Crippen molar-refractivity contribution in [2.45, 2.75) is 17.6 Å². The number of thiophene rings is 1. The van der Waals surface area contributed by atoms with E-state index >= 15 is 0 Å². The van der Waals surface area contributed by atoms with Crippen molar-refractivity contribution in [1.29, 1.82) is 0 Å².